The third-order valence-electron chi connectivity index (χ3n) is 2.86. The Labute approximate surface area is 148 Å². The average Bonchev–Trinajstić information content (AvgIpc) is 2.49. The molecular weight excluding hydrogens is 355 g/mol. The van der Waals surface area contributed by atoms with Crippen LogP contribution in [-0.4, -0.2) is 17.7 Å². The molecule has 0 N–H and O–H groups in total. The Kier molecular flexibility index (Phi) is 5.59. The summed E-state index contributed by atoms with van der Waals surface area (Å²) < 4.78 is 9.86. The molecule has 0 saturated heterocycles. The molecule has 5 nitrogen and oxygen atoms in total. The Balaban J connectivity index is 2.36. The number of ether oxygens (including phenoxy) is 2. The Morgan fingerprint density at radius 2 is 1.42 bits per heavy atom. The molecule has 0 saturated carbocycles. The summed E-state index contributed by atoms with van der Waals surface area (Å²) in [4.78, 5) is 34.6. The third-order valence-corrected chi connectivity index (χ3v) is 3.43. The molecule has 7 heteroatoms. The molecule has 0 unspecified atom stereocenters. The zero-order valence-corrected chi connectivity index (χ0v) is 14.3. The second-order valence-corrected chi connectivity index (χ2v) is 5.63. The maximum absolute atomic E-state index is 12.6. The molecule has 0 aliphatic rings. The van der Waals surface area contributed by atoms with Crippen molar-refractivity contribution in [3.05, 3.63) is 57.6 Å². The number of hydrogen-bond acceptors (Lipinski definition) is 5. The maximum Gasteiger partial charge on any atom is 0.308 e. The van der Waals surface area contributed by atoms with Gasteiger partial charge in [0.25, 0.3) is 0 Å². The van der Waals surface area contributed by atoms with E-state index >= 15 is 0 Å². The monoisotopic (exact) mass is 366 g/mol. The van der Waals surface area contributed by atoms with Crippen LogP contribution in [0.5, 0.6) is 11.5 Å². The van der Waals surface area contributed by atoms with Crippen LogP contribution in [0.2, 0.25) is 10.0 Å². The Morgan fingerprint density at radius 1 is 0.833 bits per heavy atom. The molecule has 0 heterocycles. The summed E-state index contributed by atoms with van der Waals surface area (Å²) in [6.45, 7) is 2.48. The average molecular weight is 367 g/mol. The molecule has 0 fully saturated rings. The van der Waals surface area contributed by atoms with E-state index in [-0.39, 0.29) is 32.9 Å². The molecule has 0 radical (unpaired) electrons. The van der Waals surface area contributed by atoms with Gasteiger partial charge in [-0.1, -0.05) is 35.3 Å². The lowest BCUT2D eigenvalue weighted by Crippen LogP contribution is -2.06. The molecule has 0 spiro atoms. The maximum atomic E-state index is 12.6. The Bertz CT molecular complexity index is 806. The van der Waals surface area contributed by atoms with E-state index in [1.807, 2.05) is 0 Å². The van der Waals surface area contributed by atoms with Crippen molar-refractivity contribution in [1.82, 2.24) is 0 Å². The van der Waals surface area contributed by atoms with Gasteiger partial charge in [0.1, 0.15) is 5.75 Å². The van der Waals surface area contributed by atoms with Gasteiger partial charge >= 0.3 is 11.9 Å². The smallest absolute Gasteiger partial charge is 0.308 e. The van der Waals surface area contributed by atoms with Gasteiger partial charge in [-0.15, -0.1) is 0 Å². The molecule has 2 aromatic carbocycles. The molecule has 24 heavy (non-hydrogen) atoms. The third kappa shape index (κ3) is 4.34. The van der Waals surface area contributed by atoms with Gasteiger partial charge < -0.3 is 9.47 Å². The fourth-order valence-corrected chi connectivity index (χ4v) is 2.53. The van der Waals surface area contributed by atoms with E-state index < -0.39 is 11.9 Å². The molecular formula is C17H12Cl2O5. The van der Waals surface area contributed by atoms with Crippen molar-refractivity contribution in [2.45, 2.75) is 13.8 Å². The molecule has 0 bridgehead atoms. The van der Waals surface area contributed by atoms with Crippen LogP contribution >= 0.6 is 23.2 Å². The van der Waals surface area contributed by atoms with Crippen molar-refractivity contribution >= 4 is 40.9 Å². The van der Waals surface area contributed by atoms with Crippen LogP contribution in [0, 0.1) is 0 Å². The highest BCUT2D eigenvalue weighted by atomic mass is 35.5. The minimum atomic E-state index is -0.577. The van der Waals surface area contributed by atoms with E-state index in [9.17, 15) is 14.4 Å². The fraction of sp³-hybridized carbons (Fsp3) is 0.118. The van der Waals surface area contributed by atoms with Crippen molar-refractivity contribution in [3.63, 3.8) is 0 Å². The molecule has 0 atom stereocenters. The number of hydrogen-bond donors (Lipinski definition) is 0. The van der Waals surface area contributed by atoms with Crippen LogP contribution in [0.1, 0.15) is 29.8 Å². The first-order chi connectivity index (χ1) is 11.3. The number of halogens is 2. The lowest BCUT2D eigenvalue weighted by atomic mass is 10.0. The van der Waals surface area contributed by atoms with Crippen LogP contribution in [0.4, 0.5) is 0 Å². The number of rotatable bonds is 4. The normalized spacial score (nSPS) is 10.2. The standard InChI is InChI=1S/C17H12Cl2O5/c1-9(20)23-13-5-3-4-11(6-13)16(22)12-7-14(18)17(15(19)8-12)24-10(2)21/h3-8H,1-2H3. The molecule has 2 rings (SSSR count). The number of carbonyl (C=O) groups is 3. The van der Waals surface area contributed by atoms with E-state index in [1.165, 1.54) is 32.0 Å². The number of carbonyl (C=O) groups excluding carboxylic acids is 3. The van der Waals surface area contributed by atoms with E-state index in [4.69, 9.17) is 32.7 Å². The van der Waals surface area contributed by atoms with E-state index in [1.54, 1.807) is 18.2 Å². The highest BCUT2D eigenvalue weighted by Gasteiger charge is 2.17. The predicted molar refractivity (Wildman–Crippen MR) is 89.0 cm³/mol. The minimum absolute atomic E-state index is 0.00366. The van der Waals surface area contributed by atoms with Gasteiger partial charge in [-0.25, -0.2) is 0 Å². The van der Waals surface area contributed by atoms with Crippen LogP contribution in [0.15, 0.2) is 36.4 Å². The zero-order chi connectivity index (χ0) is 17.9. The Morgan fingerprint density at radius 3 is 1.96 bits per heavy atom. The number of ketones is 1. The number of esters is 2. The number of benzene rings is 2. The first-order valence-corrected chi connectivity index (χ1v) is 7.54. The van der Waals surface area contributed by atoms with Gasteiger partial charge in [0.05, 0.1) is 10.0 Å². The minimum Gasteiger partial charge on any atom is -0.427 e. The first kappa shape index (κ1) is 18.0. The summed E-state index contributed by atoms with van der Waals surface area (Å²) in [6.07, 6.45) is 0. The van der Waals surface area contributed by atoms with Crippen molar-refractivity contribution in [1.29, 1.82) is 0 Å². The second-order valence-electron chi connectivity index (χ2n) is 4.81. The summed E-state index contributed by atoms with van der Waals surface area (Å²) in [5, 5.41) is 0.0781. The zero-order valence-electron chi connectivity index (χ0n) is 12.8. The largest absolute Gasteiger partial charge is 0.427 e. The summed E-state index contributed by atoms with van der Waals surface area (Å²) >= 11 is 12.1. The van der Waals surface area contributed by atoms with Gasteiger partial charge in [-0.05, 0) is 24.3 Å². The predicted octanol–water partition coefficient (Wildman–Crippen LogP) is 4.08. The summed E-state index contributed by atoms with van der Waals surface area (Å²) in [5.41, 5.74) is 0.502. The summed E-state index contributed by atoms with van der Waals surface area (Å²) in [7, 11) is 0. The molecule has 0 aliphatic carbocycles. The lowest BCUT2D eigenvalue weighted by Gasteiger charge is -2.09. The molecule has 124 valence electrons. The van der Waals surface area contributed by atoms with E-state index in [2.05, 4.69) is 0 Å². The SMILES string of the molecule is CC(=O)Oc1cccc(C(=O)c2cc(Cl)c(OC(C)=O)c(Cl)c2)c1. The van der Waals surface area contributed by atoms with Crippen molar-refractivity contribution in [2.24, 2.45) is 0 Å². The van der Waals surface area contributed by atoms with Crippen LogP contribution in [-0.2, 0) is 9.59 Å². The van der Waals surface area contributed by atoms with E-state index in [0.29, 0.717) is 5.56 Å². The highest BCUT2D eigenvalue weighted by molar-refractivity contribution is 6.38. The first-order valence-electron chi connectivity index (χ1n) is 6.78. The second kappa shape index (κ2) is 7.47. The van der Waals surface area contributed by atoms with Gasteiger partial charge in [0.15, 0.2) is 11.5 Å². The summed E-state index contributed by atoms with van der Waals surface area (Å²) in [5.74, 6) is -1.19. The van der Waals surface area contributed by atoms with Gasteiger partial charge in [-0.3, -0.25) is 14.4 Å². The fourth-order valence-electron chi connectivity index (χ4n) is 1.97. The van der Waals surface area contributed by atoms with Crippen molar-refractivity contribution in [2.75, 3.05) is 0 Å². The van der Waals surface area contributed by atoms with Gasteiger partial charge in [0.2, 0.25) is 0 Å². The topological polar surface area (TPSA) is 69.7 Å². The lowest BCUT2D eigenvalue weighted by molar-refractivity contribution is -0.132. The highest BCUT2D eigenvalue weighted by Crippen LogP contribution is 2.35. The summed E-state index contributed by atoms with van der Waals surface area (Å²) in [6, 6.07) is 8.85. The van der Waals surface area contributed by atoms with Crippen molar-refractivity contribution < 1.29 is 23.9 Å². The molecule has 0 aromatic heterocycles. The molecule has 2 aromatic rings. The van der Waals surface area contributed by atoms with Crippen molar-refractivity contribution in [3.8, 4) is 11.5 Å². The quantitative estimate of drug-likeness (QED) is 0.463. The van der Waals surface area contributed by atoms with E-state index in [0.717, 1.165) is 0 Å². The van der Waals surface area contributed by atoms with Crippen LogP contribution in [0.25, 0.3) is 0 Å². The van der Waals surface area contributed by atoms with Gasteiger partial charge in [0, 0.05) is 25.0 Å². The Hall–Kier alpha value is -2.37. The van der Waals surface area contributed by atoms with Gasteiger partial charge in [-0.2, -0.15) is 0 Å². The molecule has 0 aliphatic heterocycles. The van der Waals surface area contributed by atoms with Crippen LogP contribution < -0.4 is 9.47 Å². The van der Waals surface area contributed by atoms with Crippen LogP contribution in [0.3, 0.4) is 0 Å². The molecule has 0 amide bonds.